The van der Waals surface area contributed by atoms with E-state index in [2.05, 4.69) is 51.2 Å². The summed E-state index contributed by atoms with van der Waals surface area (Å²) in [5, 5.41) is 9.93. The number of aromatic amines is 1. The van der Waals surface area contributed by atoms with Crippen LogP contribution >= 0.6 is 0 Å². The number of pyridine rings is 1. The summed E-state index contributed by atoms with van der Waals surface area (Å²) in [6.07, 6.45) is 2.38. The molecule has 0 bridgehead atoms. The largest absolute Gasteiger partial charge is 0.396 e. The Hall–Kier alpha value is -3.20. The third-order valence-corrected chi connectivity index (χ3v) is 10.1. The van der Waals surface area contributed by atoms with E-state index in [9.17, 15) is 8.42 Å². The van der Waals surface area contributed by atoms with Crippen molar-refractivity contribution in [3.05, 3.63) is 66.4 Å². The highest BCUT2D eigenvalue weighted by molar-refractivity contribution is 7.92. The van der Waals surface area contributed by atoms with E-state index in [1.54, 1.807) is 12.1 Å². The molecule has 2 aromatic heterocycles. The number of aromatic nitrogens is 2. The van der Waals surface area contributed by atoms with Gasteiger partial charge in [0.05, 0.1) is 15.8 Å². The van der Waals surface area contributed by atoms with E-state index in [1.807, 2.05) is 19.1 Å². The first-order valence-corrected chi connectivity index (χ1v) is 15.0. The predicted molar refractivity (Wildman–Crippen MR) is 152 cm³/mol. The minimum absolute atomic E-state index is 0.199. The Morgan fingerprint density at radius 1 is 0.947 bits per heavy atom. The topological polar surface area (TPSA) is 89.5 Å². The lowest BCUT2D eigenvalue weighted by atomic mass is 10.1. The molecule has 3 heterocycles. The Bertz CT molecular complexity index is 1530. The third kappa shape index (κ3) is 4.96. The normalized spacial score (nSPS) is 16.8. The van der Waals surface area contributed by atoms with Gasteiger partial charge in [-0.3, -0.25) is 9.88 Å². The number of piperazine rings is 1. The fraction of sp³-hybridized carbons (Fsp3) is 0.367. The molecule has 1 saturated heterocycles. The fourth-order valence-corrected chi connectivity index (χ4v) is 7.02. The third-order valence-electron chi connectivity index (χ3n) is 7.80. The van der Waals surface area contributed by atoms with E-state index < -0.39 is 9.84 Å². The van der Waals surface area contributed by atoms with E-state index in [-0.39, 0.29) is 11.9 Å². The van der Waals surface area contributed by atoms with Gasteiger partial charge in [-0.05, 0) is 68.1 Å². The monoisotopic (exact) mass is 530 g/mol. The first kappa shape index (κ1) is 25.1. The molecule has 8 heteroatoms. The summed E-state index contributed by atoms with van der Waals surface area (Å²) in [4.78, 5) is 13.7. The van der Waals surface area contributed by atoms with Gasteiger partial charge in [0.1, 0.15) is 0 Å². The number of nitrogens with one attached hydrogen (secondary N) is 1. The second-order valence-electron chi connectivity index (χ2n) is 10.5. The zero-order valence-electron chi connectivity index (χ0n) is 21.7. The summed E-state index contributed by atoms with van der Waals surface area (Å²) in [7, 11) is -3.18. The lowest BCUT2D eigenvalue weighted by Gasteiger charge is -2.36. The molecule has 0 amide bonds. The second-order valence-corrected chi connectivity index (χ2v) is 12.7. The van der Waals surface area contributed by atoms with Crippen molar-refractivity contribution in [2.75, 3.05) is 44.2 Å². The number of aliphatic hydroxyl groups is 1. The quantitative estimate of drug-likeness (QED) is 0.345. The van der Waals surface area contributed by atoms with Crippen molar-refractivity contribution in [1.29, 1.82) is 0 Å². The SMILES string of the molecule is Cc1nc(-c2ccc(N3CCN(CCCO)CC3)cc2)cc2[nH]c(-c3ccc(S(=O)(=O)C4CC4)cc3)cc12. The van der Waals surface area contributed by atoms with E-state index >= 15 is 0 Å². The van der Waals surface area contributed by atoms with Crippen molar-refractivity contribution in [3.8, 4) is 22.5 Å². The van der Waals surface area contributed by atoms with Gasteiger partial charge >= 0.3 is 0 Å². The van der Waals surface area contributed by atoms with Gasteiger partial charge in [0, 0.05) is 72.9 Å². The van der Waals surface area contributed by atoms with Gasteiger partial charge in [0.2, 0.25) is 0 Å². The highest BCUT2D eigenvalue weighted by Crippen LogP contribution is 2.35. The Morgan fingerprint density at radius 3 is 2.29 bits per heavy atom. The lowest BCUT2D eigenvalue weighted by Crippen LogP contribution is -2.46. The molecule has 1 saturated carbocycles. The average Bonchev–Trinajstić information content (AvgIpc) is 3.72. The molecule has 2 N–H and O–H groups in total. The van der Waals surface area contributed by atoms with Crippen molar-refractivity contribution in [2.24, 2.45) is 0 Å². The van der Waals surface area contributed by atoms with Crippen LogP contribution in [0, 0.1) is 6.92 Å². The zero-order chi connectivity index (χ0) is 26.3. The number of aryl methyl sites for hydroxylation is 1. The molecule has 4 aromatic rings. The van der Waals surface area contributed by atoms with Gasteiger partial charge < -0.3 is 15.0 Å². The number of aliphatic hydroxyl groups excluding tert-OH is 1. The summed E-state index contributed by atoms with van der Waals surface area (Å²) in [5.41, 5.74) is 7.10. The Kier molecular flexibility index (Phi) is 6.72. The summed E-state index contributed by atoms with van der Waals surface area (Å²) in [6.45, 7) is 7.27. The minimum Gasteiger partial charge on any atom is -0.396 e. The molecule has 0 unspecified atom stereocenters. The standard InChI is InChI=1S/C30H34N4O3S/c1-21-27-19-28(23-5-9-25(10-6-23)38(36,37)26-11-12-26)32-30(27)20-29(31-21)22-3-7-24(8-4-22)34-16-14-33(15-17-34)13-2-18-35/h3-10,19-20,26,32,35H,2,11-18H2,1H3. The predicted octanol–water partition coefficient (Wildman–Crippen LogP) is 4.65. The van der Waals surface area contributed by atoms with Gasteiger partial charge in [0.25, 0.3) is 0 Å². The number of hydrogen-bond donors (Lipinski definition) is 2. The van der Waals surface area contributed by atoms with Crippen LogP contribution in [0.5, 0.6) is 0 Å². The maximum Gasteiger partial charge on any atom is 0.181 e. The number of benzene rings is 2. The van der Waals surface area contributed by atoms with Gasteiger partial charge in [0.15, 0.2) is 9.84 Å². The van der Waals surface area contributed by atoms with Crippen molar-refractivity contribution in [1.82, 2.24) is 14.9 Å². The first-order chi connectivity index (χ1) is 18.4. The Labute approximate surface area is 224 Å². The molecule has 0 radical (unpaired) electrons. The van der Waals surface area contributed by atoms with E-state index in [0.29, 0.717) is 4.90 Å². The van der Waals surface area contributed by atoms with Crippen LogP contribution in [0.3, 0.4) is 0 Å². The maximum atomic E-state index is 12.5. The number of H-pyrrole nitrogens is 1. The highest BCUT2D eigenvalue weighted by atomic mass is 32.2. The molecule has 198 valence electrons. The van der Waals surface area contributed by atoms with E-state index in [0.717, 1.165) is 91.1 Å². The number of sulfone groups is 1. The average molecular weight is 531 g/mol. The molecule has 7 nitrogen and oxygen atoms in total. The van der Waals surface area contributed by atoms with Crippen molar-refractivity contribution in [2.45, 2.75) is 36.3 Å². The molecule has 2 aromatic carbocycles. The Balaban J connectivity index is 1.19. The van der Waals surface area contributed by atoms with Crippen molar-refractivity contribution in [3.63, 3.8) is 0 Å². The molecule has 38 heavy (non-hydrogen) atoms. The first-order valence-electron chi connectivity index (χ1n) is 13.5. The van der Waals surface area contributed by atoms with Crippen LogP contribution in [0.1, 0.15) is 25.0 Å². The van der Waals surface area contributed by atoms with Crippen LogP contribution < -0.4 is 4.90 Å². The minimum atomic E-state index is -3.18. The molecule has 2 fully saturated rings. The van der Waals surface area contributed by atoms with Gasteiger partial charge in [-0.25, -0.2) is 8.42 Å². The van der Waals surface area contributed by atoms with E-state index in [1.165, 1.54) is 5.69 Å². The molecule has 2 aliphatic rings. The summed E-state index contributed by atoms with van der Waals surface area (Å²) >= 11 is 0. The van der Waals surface area contributed by atoms with Crippen LogP contribution in [0.15, 0.2) is 65.6 Å². The molecule has 6 rings (SSSR count). The van der Waals surface area contributed by atoms with Gasteiger partial charge in [-0.2, -0.15) is 0 Å². The maximum absolute atomic E-state index is 12.5. The van der Waals surface area contributed by atoms with Crippen LogP contribution in [-0.2, 0) is 9.84 Å². The molecule has 0 spiro atoms. The van der Waals surface area contributed by atoms with E-state index in [4.69, 9.17) is 10.1 Å². The molecule has 1 aliphatic heterocycles. The fourth-order valence-electron chi connectivity index (χ4n) is 5.36. The van der Waals surface area contributed by atoms with Crippen LogP contribution in [0.4, 0.5) is 5.69 Å². The van der Waals surface area contributed by atoms with Gasteiger partial charge in [-0.1, -0.05) is 24.3 Å². The van der Waals surface area contributed by atoms with Crippen molar-refractivity contribution < 1.29 is 13.5 Å². The van der Waals surface area contributed by atoms with Crippen LogP contribution in [0.25, 0.3) is 33.4 Å². The highest BCUT2D eigenvalue weighted by Gasteiger charge is 2.36. The Morgan fingerprint density at radius 2 is 1.63 bits per heavy atom. The number of nitrogens with zero attached hydrogens (tertiary/aromatic N) is 3. The van der Waals surface area contributed by atoms with Crippen molar-refractivity contribution >= 4 is 26.4 Å². The lowest BCUT2D eigenvalue weighted by molar-refractivity contribution is 0.216. The molecule has 1 aliphatic carbocycles. The number of fused-ring (bicyclic) bond motifs is 1. The van der Waals surface area contributed by atoms with Crippen LogP contribution in [-0.4, -0.2) is 73.0 Å². The summed E-state index contributed by atoms with van der Waals surface area (Å²) in [6, 6.07) is 20.0. The number of anilines is 1. The summed E-state index contributed by atoms with van der Waals surface area (Å²) < 4.78 is 25.1. The smallest absolute Gasteiger partial charge is 0.181 e. The molecular formula is C30H34N4O3S. The number of rotatable bonds is 8. The number of hydrogen-bond acceptors (Lipinski definition) is 6. The molecule has 0 atom stereocenters. The van der Waals surface area contributed by atoms with Crippen LogP contribution in [0.2, 0.25) is 0 Å². The molecular weight excluding hydrogens is 496 g/mol. The van der Waals surface area contributed by atoms with Gasteiger partial charge in [-0.15, -0.1) is 0 Å². The summed E-state index contributed by atoms with van der Waals surface area (Å²) in [5.74, 6) is 0. The zero-order valence-corrected chi connectivity index (χ0v) is 22.5. The second kappa shape index (κ2) is 10.2.